The largest absolute Gasteiger partial charge is 0.325 e. The standard InChI is InChI=1S/C19H21Cl2N3O3S/c1-14(19(25)22-17-7-5-15(20)6-8-17)23-9-11-24(12-10-23)28(26,27)18-4-2-3-16(21)13-18/h2-8,13-14H,9-12H2,1H3,(H,22,25)/t14-/m1/s1. The van der Waals surface area contributed by atoms with E-state index < -0.39 is 10.0 Å². The first-order chi connectivity index (χ1) is 13.3. The Balaban J connectivity index is 1.59. The highest BCUT2D eigenvalue weighted by molar-refractivity contribution is 7.89. The maximum atomic E-state index is 12.8. The Morgan fingerprint density at radius 2 is 1.64 bits per heavy atom. The summed E-state index contributed by atoms with van der Waals surface area (Å²) in [5.74, 6) is -0.145. The zero-order valence-corrected chi connectivity index (χ0v) is 17.6. The Bertz CT molecular complexity index is 943. The zero-order valence-electron chi connectivity index (χ0n) is 15.3. The molecule has 1 N–H and O–H groups in total. The van der Waals surface area contributed by atoms with E-state index in [1.165, 1.54) is 16.4 Å². The van der Waals surface area contributed by atoms with Gasteiger partial charge in [-0.3, -0.25) is 9.69 Å². The van der Waals surface area contributed by atoms with Gasteiger partial charge in [-0.25, -0.2) is 8.42 Å². The molecular formula is C19H21Cl2N3O3S. The topological polar surface area (TPSA) is 69.7 Å². The normalized spacial score (nSPS) is 17.2. The van der Waals surface area contributed by atoms with Crippen molar-refractivity contribution in [3.8, 4) is 0 Å². The highest BCUT2D eigenvalue weighted by Crippen LogP contribution is 2.21. The molecule has 0 unspecified atom stereocenters. The Kier molecular flexibility index (Phi) is 6.62. The van der Waals surface area contributed by atoms with Gasteiger partial charge in [0, 0.05) is 41.9 Å². The summed E-state index contributed by atoms with van der Waals surface area (Å²) in [5.41, 5.74) is 0.670. The van der Waals surface area contributed by atoms with Gasteiger partial charge < -0.3 is 5.32 Å². The fourth-order valence-electron chi connectivity index (χ4n) is 3.05. The van der Waals surface area contributed by atoms with E-state index in [0.29, 0.717) is 41.9 Å². The number of rotatable bonds is 5. The van der Waals surface area contributed by atoms with Gasteiger partial charge in [-0.15, -0.1) is 0 Å². The minimum atomic E-state index is -3.60. The van der Waals surface area contributed by atoms with Gasteiger partial charge in [-0.2, -0.15) is 4.31 Å². The fraction of sp³-hybridized carbons (Fsp3) is 0.316. The summed E-state index contributed by atoms with van der Waals surface area (Å²) in [7, 11) is -3.60. The van der Waals surface area contributed by atoms with Crippen molar-refractivity contribution in [3.63, 3.8) is 0 Å². The Hall–Kier alpha value is -1.64. The molecule has 0 saturated carbocycles. The Morgan fingerprint density at radius 3 is 2.25 bits per heavy atom. The number of nitrogens with zero attached hydrogens (tertiary/aromatic N) is 2. The molecule has 0 bridgehead atoms. The van der Waals surface area contributed by atoms with E-state index in [0.717, 1.165) is 0 Å². The van der Waals surface area contributed by atoms with Crippen LogP contribution < -0.4 is 5.32 Å². The van der Waals surface area contributed by atoms with Crippen LogP contribution in [0.5, 0.6) is 0 Å². The Morgan fingerprint density at radius 1 is 1.00 bits per heavy atom. The molecule has 2 aromatic rings. The number of nitrogens with one attached hydrogen (secondary N) is 1. The lowest BCUT2D eigenvalue weighted by Crippen LogP contribution is -2.53. The third kappa shape index (κ3) is 4.85. The number of amides is 1. The summed E-state index contributed by atoms with van der Waals surface area (Å²) in [6, 6.07) is 12.8. The molecular weight excluding hydrogens is 421 g/mol. The number of hydrogen-bond acceptors (Lipinski definition) is 4. The van der Waals surface area contributed by atoms with Gasteiger partial charge in [-0.1, -0.05) is 29.3 Å². The summed E-state index contributed by atoms with van der Waals surface area (Å²) in [5, 5.41) is 3.84. The monoisotopic (exact) mass is 441 g/mol. The summed E-state index contributed by atoms with van der Waals surface area (Å²) >= 11 is 11.8. The molecule has 6 nitrogen and oxygen atoms in total. The second kappa shape index (κ2) is 8.80. The molecule has 1 atom stereocenters. The molecule has 1 aliphatic heterocycles. The minimum absolute atomic E-state index is 0.145. The molecule has 0 spiro atoms. The van der Waals surface area contributed by atoms with Crippen molar-refractivity contribution < 1.29 is 13.2 Å². The minimum Gasteiger partial charge on any atom is -0.325 e. The number of carbonyl (C=O) groups excluding carboxylic acids is 1. The molecule has 2 aromatic carbocycles. The summed E-state index contributed by atoms with van der Waals surface area (Å²) in [6.07, 6.45) is 0. The Labute approximate surface area is 175 Å². The van der Waals surface area contributed by atoms with Crippen molar-refractivity contribution in [2.45, 2.75) is 17.9 Å². The van der Waals surface area contributed by atoms with E-state index >= 15 is 0 Å². The number of halogens is 2. The highest BCUT2D eigenvalue weighted by atomic mass is 35.5. The lowest BCUT2D eigenvalue weighted by atomic mass is 10.2. The van der Waals surface area contributed by atoms with Crippen LogP contribution in [-0.2, 0) is 14.8 Å². The van der Waals surface area contributed by atoms with Crippen LogP contribution in [0.3, 0.4) is 0 Å². The highest BCUT2D eigenvalue weighted by Gasteiger charge is 2.31. The maximum absolute atomic E-state index is 12.8. The molecule has 0 aromatic heterocycles. The van der Waals surface area contributed by atoms with Crippen molar-refractivity contribution in [2.75, 3.05) is 31.5 Å². The van der Waals surface area contributed by atoms with Crippen molar-refractivity contribution in [1.29, 1.82) is 0 Å². The number of anilines is 1. The molecule has 9 heteroatoms. The van der Waals surface area contributed by atoms with E-state index in [9.17, 15) is 13.2 Å². The van der Waals surface area contributed by atoms with E-state index in [2.05, 4.69) is 5.32 Å². The number of benzene rings is 2. The summed E-state index contributed by atoms with van der Waals surface area (Å²) < 4.78 is 27.0. The van der Waals surface area contributed by atoms with Gasteiger partial charge in [0.05, 0.1) is 10.9 Å². The second-order valence-electron chi connectivity index (χ2n) is 6.57. The molecule has 1 amide bonds. The quantitative estimate of drug-likeness (QED) is 0.772. The van der Waals surface area contributed by atoms with E-state index in [-0.39, 0.29) is 16.8 Å². The lowest BCUT2D eigenvalue weighted by molar-refractivity contribution is -0.121. The van der Waals surface area contributed by atoms with Crippen molar-refractivity contribution >= 4 is 44.8 Å². The molecule has 1 aliphatic rings. The van der Waals surface area contributed by atoms with Gasteiger partial charge in [-0.05, 0) is 49.4 Å². The first-order valence-electron chi connectivity index (χ1n) is 8.83. The van der Waals surface area contributed by atoms with Gasteiger partial charge in [0.15, 0.2) is 0 Å². The average molecular weight is 442 g/mol. The van der Waals surface area contributed by atoms with E-state index in [1.807, 2.05) is 11.8 Å². The molecule has 1 saturated heterocycles. The van der Waals surface area contributed by atoms with Crippen LogP contribution in [0.1, 0.15) is 6.92 Å². The third-order valence-electron chi connectivity index (χ3n) is 4.75. The second-order valence-corrected chi connectivity index (χ2v) is 9.38. The predicted octanol–water partition coefficient (Wildman–Crippen LogP) is 3.33. The molecule has 28 heavy (non-hydrogen) atoms. The first kappa shape index (κ1) is 21.1. The van der Waals surface area contributed by atoms with Gasteiger partial charge in [0.25, 0.3) is 0 Å². The van der Waals surface area contributed by atoms with Crippen LogP contribution in [0.25, 0.3) is 0 Å². The van der Waals surface area contributed by atoms with Gasteiger partial charge in [0.1, 0.15) is 0 Å². The number of hydrogen-bond donors (Lipinski definition) is 1. The fourth-order valence-corrected chi connectivity index (χ4v) is 4.90. The smallest absolute Gasteiger partial charge is 0.243 e. The van der Waals surface area contributed by atoms with Crippen molar-refractivity contribution in [3.05, 3.63) is 58.6 Å². The van der Waals surface area contributed by atoms with E-state index in [1.54, 1.807) is 36.4 Å². The number of sulfonamides is 1. The van der Waals surface area contributed by atoms with Gasteiger partial charge >= 0.3 is 0 Å². The summed E-state index contributed by atoms with van der Waals surface area (Å²) in [6.45, 7) is 3.37. The van der Waals surface area contributed by atoms with Crippen LogP contribution in [0.4, 0.5) is 5.69 Å². The molecule has 0 radical (unpaired) electrons. The van der Waals surface area contributed by atoms with Crippen LogP contribution in [0, 0.1) is 0 Å². The lowest BCUT2D eigenvalue weighted by Gasteiger charge is -2.36. The predicted molar refractivity (Wildman–Crippen MR) is 111 cm³/mol. The number of carbonyl (C=O) groups is 1. The van der Waals surface area contributed by atoms with Crippen LogP contribution in [0.2, 0.25) is 10.0 Å². The van der Waals surface area contributed by atoms with Crippen molar-refractivity contribution in [1.82, 2.24) is 9.21 Å². The zero-order chi connectivity index (χ0) is 20.3. The van der Waals surface area contributed by atoms with Gasteiger partial charge in [0.2, 0.25) is 15.9 Å². The van der Waals surface area contributed by atoms with E-state index in [4.69, 9.17) is 23.2 Å². The van der Waals surface area contributed by atoms with Crippen LogP contribution in [-0.4, -0.2) is 55.8 Å². The van der Waals surface area contributed by atoms with Crippen LogP contribution in [0.15, 0.2) is 53.4 Å². The molecule has 1 heterocycles. The molecule has 0 aliphatic carbocycles. The summed E-state index contributed by atoms with van der Waals surface area (Å²) in [4.78, 5) is 14.7. The molecule has 150 valence electrons. The SMILES string of the molecule is C[C@H](C(=O)Nc1ccc(Cl)cc1)N1CCN(S(=O)(=O)c2cccc(Cl)c2)CC1. The first-order valence-corrected chi connectivity index (χ1v) is 11.0. The van der Waals surface area contributed by atoms with Crippen LogP contribution >= 0.6 is 23.2 Å². The molecule has 1 fully saturated rings. The average Bonchev–Trinajstić information content (AvgIpc) is 2.69. The third-order valence-corrected chi connectivity index (χ3v) is 7.13. The molecule has 3 rings (SSSR count). The maximum Gasteiger partial charge on any atom is 0.243 e. The number of piperazine rings is 1. The van der Waals surface area contributed by atoms with Crippen molar-refractivity contribution in [2.24, 2.45) is 0 Å².